The number of aliphatic hydroxyl groups is 7. The van der Waals surface area contributed by atoms with E-state index in [-0.39, 0.29) is 0 Å². The molecule has 0 fully saturated rings. The summed E-state index contributed by atoms with van der Waals surface area (Å²) in [5, 5.41) is 60.6. The van der Waals surface area contributed by atoms with Crippen LogP contribution < -0.4 is 0 Å². The summed E-state index contributed by atoms with van der Waals surface area (Å²) in [4.78, 5) is 0. The van der Waals surface area contributed by atoms with Crippen molar-refractivity contribution in [2.45, 2.75) is 12.3 Å². The summed E-state index contributed by atoms with van der Waals surface area (Å²) in [6, 6.07) is 0. The third-order valence-electron chi connectivity index (χ3n) is 1.88. The van der Waals surface area contributed by atoms with Crippen molar-refractivity contribution < 1.29 is 40.5 Å². The van der Waals surface area contributed by atoms with Crippen LogP contribution in [0.4, 0.5) is 0 Å². The molecule has 92 valence electrons. The predicted molar refractivity (Wildman–Crippen MR) is 45.0 cm³/mol. The van der Waals surface area contributed by atoms with Crippen molar-refractivity contribution in [2.75, 3.05) is 26.4 Å². The predicted octanol–water partition coefficient (Wildman–Crippen LogP) is -4.08. The molecule has 0 radical (unpaired) electrons. The average Bonchev–Trinajstić information content (AvgIpc) is 2.19. The SMILES string of the molecule is OCC(CO)(CO)COC(O)C(O)(O)O. The van der Waals surface area contributed by atoms with Crippen LogP contribution in [0.3, 0.4) is 0 Å². The molecule has 0 bridgehead atoms. The second kappa shape index (κ2) is 5.68. The van der Waals surface area contributed by atoms with Crippen LogP contribution in [0.2, 0.25) is 0 Å². The number of ether oxygens (including phenoxy) is 1. The third kappa shape index (κ3) is 4.36. The van der Waals surface area contributed by atoms with E-state index in [1.54, 1.807) is 0 Å². The number of hydrogen-bond acceptors (Lipinski definition) is 8. The Morgan fingerprint density at radius 1 is 0.933 bits per heavy atom. The molecule has 0 saturated carbocycles. The van der Waals surface area contributed by atoms with Gasteiger partial charge in [0, 0.05) is 0 Å². The fraction of sp³-hybridized carbons (Fsp3) is 1.00. The molecule has 0 aromatic rings. The molecule has 0 aliphatic rings. The van der Waals surface area contributed by atoms with Gasteiger partial charge in [0.25, 0.3) is 0 Å². The Bertz CT molecular complexity index is 164. The third-order valence-corrected chi connectivity index (χ3v) is 1.88. The normalized spacial score (nSPS) is 15.4. The van der Waals surface area contributed by atoms with Gasteiger partial charge in [0.15, 0.2) is 0 Å². The smallest absolute Gasteiger partial charge is 0.329 e. The van der Waals surface area contributed by atoms with Gasteiger partial charge in [-0.15, -0.1) is 0 Å². The first kappa shape index (κ1) is 14.7. The Morgan fingerprint density at radius 3 is 1.60 bits per heavy atom. The van der Waals surface area contributed by atoms with Gasteiger partial charge in [0.1, 0.15) is 0 Å². The van der Waals surface area contributed by atoms with Crippen LogP contribution >= 0.6 is 0 Å². The molecule has 1 atom stereocenters. The van der Waals surface area contributed by atoms with Gasteiger partial charge >= 0.3 is 5.97 Å². The fourth-order valence-corrected chi connectivity index (χ4v) is 0.654. The lowest BCUT2D eigenvalue weighted by Gasteiger charge is -2.29. The zero-order valence-corrected chi connectivity index (χ0v) is 7.94. The van der Waals surface area contributed by atoms with E-state index in [0.717, 1.165) is 0 Å². The van der Waals surface area contributed by atoms with Gasteiger partial charge in [0.05, 0.1) is 31.8 Å². The molecule has 0 aliphatic heterocycles. The first-order chi connectivity index (χ1) is 6.81. The molecule has 0 aromatic heterocycles. The highest BCUT2D eigenvalue weighted by atomic mass is 16.7. The van der Waals surface area contributed by atoms with Crippen LogP contribution in [-0.4, -0.2) is 74.4 Å². The van der Waals surface area contributed by atoms with Gasteiger partial charge in [-0.2, -0.15) is 0 Å². The van der Waals surface area contributed by atoms with E-state index >= 15 is 0 Å². The Balaban J connectivity index is 4.23. The highest BCUT2D eigenvalue weighted by Crippen LogP contribution is 2.17. The second-order valence-corrected chi connectivity index (χ2v) is 3.33. The Morgan fingerprint density at radius 2 is 1.33 bits per heavy atom. The van der Waals surface area contributed by atoms with Crippen LogP contribution in [0.25, 0.3) is 0 Å². The van der Waals surface area contributed by atoms with Crippen LogP contribution in [0.5, 0.6) is 0 Å². The van der Waals surface area contributed by atoms with E-state index in [9.17, 15) is 0 Å². The summed E-state index contributed by atoms with van der Waals surface area (Å²) in [7, 11) is 0. The molecule has 0 aromatic carbocycles. The minimum Gasteiger partial charge on any atom is -0.396 e. The van der Waals surface area contributed by atoms with Crippen molar-refractivity contribution in [2.24, 2.45) is 5.41 Å². The lowest BCUT2D eigenvalue weighted by atomic mass is 9.93. The first-order valence-corrected chi connectivity index (χ1v) is 4.10. The number of aliphatic hydroxyl groups excluding tert-OH is 4. The molecule has 0 spiro atoms. The van der Waals surface area contributed by atoms with Crippen molar-refractivity contribution in [3.8, 4) is 0 Å². The minimum absolute atomic E-state index is 0.568. The van der Waals surface area contributed by atoms with Crippen molar-refractivity contribution in [3.63, 3.8) is 0 Å². The molecule has 7 N–H and O–H groups in total. The molecular weight excluding hydrogens is 212 g/mol. The van der Waals surface area contributed by atoms with Crippen molar-refractivity contribution in [1.82, 2.24) is 0 Å². The summed E-state index contributed by atoms with van der Waals surface area (Å²) < 4.78 is 4.37. The zero-order valence-electron chi connectivity index (χ0n) is 7.94. The Labute approximate surface area is 85.6 Å². The Kier molecular flexibility index (Phi) is 5.56. The average molecular weight is 228 g/mol. The lowest BCUT2D eigenvalue weighted by molar-refractivity contribution is -0.407. The molecule has 15 heavy (non-hydrogen) atoms. The van der Waals surface area contributed by atoms with Crippen molar-refractivity contribution in [3.05, 3.63) is 0 Å². The quantitative estimate of drug-likeness (QED) is 0.217. The van der Waals surface area contributed by atoms with Crippen LogP contribution in [0.1, 0.15) is 0 Å². The van der Waals surface area contributed by atoms with Gasteiger partial charge in [-0.1, -0.05) is 0 Å². The fourth-order valence-electron chi connectivity index (χ4n) is 0.654. The van der Waals surface area contributed by atoms with E-state index in [2.05, 4.69) is 4.74 Å². The van der Waals surface area contributed by atoms with Gasteiger partial charge in [-0.05, 0) is 0 Å². The highest BCUT2D eigenvalue weighted by molar-refractivity contribution is 4.76. The summed E-state index contributed by atoms with van der Waals surface area (Å²) in [6.07, 6.45) is -2.33. The Hall–Kier alpha value is -0.320. The molecular formula is C7H16O8. The summed E-state index contributed by atoms with van der Waals surface area (Å²) in [5.41, 5.74) is -1.42. The largest absolute Gasteiger partial charge is 0.396 e. The zero-order chi connectivity index (χ0) is 12.1. The van der Waals surface area contributed by atoms with E-state index in [1.165, 1.54) is 0 Å². The molecule has 0 heterocycles. The summed E-state index contributed by atoms with van der Waals surface area (Å²) in [6.45, 7) is -2.48. The maximum absolute atomic E-state index is 8.82. The summed E-state index contributed by atoms with van der Waals surface area (Å²) in [5.74, 6) is -3.44. The van der Waals surface area contributed by atoms with Gasteiger partial charge < -0.3 is 40.5 Å². The topological polar surface area (TPSA) is 151 Å². The van der Waals surface area contributed by atoms with Gasteiger partial charge in [-0.25, -0.2) is 0 Å². The standard InChI is InChI=1S/C7H16O8/c8-1-6(2-9,3-10)4-15-5(11)7(12,13)14/h5,8-14H,1-4H2. The molecule has 8 heteroatoms. The molecule has 0 aliphatic carbocycles. The molecule has 0 amide bonds. The number of rotatable bonds is 7. The van der Waals surface area contributed by atoms with E-state index in [0.29, 0.717) is 0 Å². The number of hydrogen-bond donors (Lipinski definition) is 7. The summed E-state index contributed by atoms with van der Waals surface area (Å²) >= 11 is 0. The molecule has 8 nitrogen and oxygen atoms in total. The molecule has 1 unspecified atom stereocenters. The monoisotopic (exact) mass is 228 g/mol. The molecule has 0 rings (SSSR count). The van der Waals surface area contributed by atoms with Crippen molar-refractivity contribution in [1.29, 1.82) is 0 Å². The van der Waals surface area contributed by atoms with Crippen LogP contribution in [0.15, 0.2) is 0 Å². The maximum atomic E-state index is 8.82. The van der Waals surface area contributed by atoms with Crippen LogP contribution in [0, 0.1) is 5.41 Å². The molecule has 0 saturated heterocycles. The first-order valence-electron chi connectivity index (χ1n) is 4.10. The lowest BCUT2D eigenvalue weighted by Crippen LogP contribution is -2.47. The van der Waals surface area contributed by atoms with Crippen molar-refractivity contribution >= 4 is 0 Å². The van der Waals surface area contributed by atoms with E-state index < -0.39 is 44.1 Å². The maximum Gasteiger partial charge on any atom is 0.329 e. The van der Waals surface area contributed by atoms with Gasteiger partial charge in [0.2, 0.25) is 6.29 Å². The van der Waals surface area contributed by atoms with E-state index in [4.69, 9.17) is 35.7 Å². The minimum atomic E-state index is -3.44. The second-order valence-electron chi connectivity index (χ2n) is 3.33. The highest BCUT2D eigenvalue weighted by Gasteiger charge is 2.36. The van der Waals surface area contributed by atoms with Crippen LogP contribution in [-0.2, 0) is 4.74 Å². The van der Waals surface area contributed by atoms with E-state index in [1.807, 2.05) is 0 Å². The van der Waals surface area contributed by atoms with Gasteiger partial charge in [-0.3, -0.25) is 0 Å².